The van der Waals surface area contributed by atoms with Gasteiger partial charge in [0.05, 0.1) is 5.92 Å². The van der Waals surface area contributed by atoms with Crippen molar-refractivity contribution < 1.29 is 24.2 Å². The van der Waals surface area contributed by atoms with Crippen molar-refractivity contribution in [1.29, 1.82) is 0 Å². The molecule has 0 saturated carbocycles. The van der Waals surface area contributed by atoms with Gasteiger partial charge in [0.25, 0.3) is 0 Å². The van der Waals surface area contributed by atoms with Gasteiger partial charge in [0.1, 0.15) is 29.7 Å². The van der Waals surface area contributed by atoms with E-state index in [2.05, 4.69) is 10.3 Å². The molecule has 0 radical (unpaired) electrons. The number of benzene rings is 1. The number of amides is 1. The first-order valence-electron chi connectivity index (χ1n) is 8.04. The van der Waals surface area contributed by atoms with E-state index in [-0.39, 0.29) is 12.5 Å². The summed E-state index contributed by atoms with van der Waals surface area (Å²) in [5, 5.41) is 11.9. The van der Waals surface area contributed by atoms with Crippen LogP contribution in [-0.4, -0.2) is 28.6 Å². The van der Waals surface area contributed by atoms with Crippen LogP contribution in [0.3, 0.4) is 0 Å². The number of rotatable bonds is 3. The predicted octanol–water partition coefficient (Wildman–Crippen LogP) is 2.39. The van der Waals surface area contributed by atoms with Crippen LogP contribution in [0, 0.1) is 5.92 Å². The molecule has 4 rings (SSSR count). The van der Waals surface area contributed by atoms with E-state index in [1.807, 2.05) is 0 Å². The first kappa shape index (κ1) is 15.4. The van der Waals surface area contributed by atoms with Crippen LogP contribution in [0.5, 0.6) is 17.2 Å². The Morgan fingerprint density at radius 3 is 3.04 bits per heavy atom. The maximum Gasteiger partial charge on any atom is 0.310 e. The lowest BCUT2D eigenvalue weighted by molar-refractivity contribution is -0.143. The van der Waals surface area contributed by atoms with Gasteiger partial charge in [-0.05, 0) is 42.7 Å². The Kier molecular flexibility index (Phi) is 3.76. The second-order valence-corrected chi connectivity index (χ2v) is 6.11. The summed E-state index contributed by atoms with van der Waals surface area (Å²) in [4.78, 5) is 26.8. The van der Waals surface area contributed by atoms with Crippen molar-refractivity contribution in [2.24, 2.45) is 5.92 Å². The minimum absolute atomic E-state index is 0.0530. The molecule has 2 N–H and O–H groups in total. The van der Waals surface area contributed by atoms with E-state index in [1.54, 1.807) is 30.5 Å². The molecular weight excluding hydrogens is 324 g/mol. The molecule has 7 heteroatoms. The number of carboxylic acid groups (broad SMARTS) is 1. The number of hydrogen-bond donors (Lipinski definition) is 2. The molecule has 1 aromatic heterocycles. The fourth-order valence-electron chi connectivity index (χ4n) is 3.07. The summed E-state index contributed by atoms with van der Waals surface area (Å²) in [6, 6.07) is 7.14. The molecule has 2 aliphatic heterocycles. The highest BCUT2D eigenvalue weighted by molar-refractivity contribution is 5.93. The minimum atomic E-state index is -0.865. The molecule has 0 spiro atoms. The lowest BCUT2D eigenvalue weighted by atomic mass is 9.97. The Labute approximate surface area is 143 Å². The molecule has 128 valence electrons. The number of aromatic nitrogens is 1. The van der Waals surface area contributed by atoms with Crippen molar-refractivity contribution in [3.8, 4) is 17.2 Å². The summed E-state index contributed by atoms with van der Waals surface area (Å²) in [6.45, 7) is 0.181. The normalized spacial score (nSPS) is 18.4. The lowest BCUT2D eigenvalue weighted by Gasteiger charge is -2.23. The first-order chi connectivity index (χ1) is 12.1. The monoisotopic (exact) mass is 340 g/mol. The molecule has 0 fully saturated rings. The fraction of sp³-hybridized carbons (Fsp3) is 0.278. The van der Waals surface area contributed by atoms with Gasteiger partial charge in [-0.2, -0.15) is 0 Å². The van der Waals surface area contributed by atoms with Crippen LogP contribution in [-0.2, 0) is 22.4 Å². The molecule has 2 aromatic rings. The molecule has 0 saturated heterocycles. The Morgan fingerprint density at radius 1 is 1.32 bits per heavy atom. The van der Waals surface area contributed by atoms with Crippen LogP contribution >= 0.6 is 0 Å². The standard InChI is InChI=1S/C18H16N2O5/c21-16-4-2-13-15(5-6-19-17(13)20-16)25-12-1-3-14-10(8-12)7-11(9-24-14)18(22)23/h1,3,5-6,8,11H,2,4,7,9H2,(H,22,23)(H,19,20,21). The SMILES string of the molecule is O=C1CCc2c(Oc3ccc4c(c3)CC(C(=O)O)CO4)ccnc2N1. The summed E-state index contributed by atoms with van der Waals surface area (Å²) in [6.07, 6.45) is 2.96. The number of hydrogen-bond acceptors (Lipinski definition) is 5. The van der Waals surface area contributed by atoms with E-state index < -0.39 is 11.9 Å². The number of ether oxygens (including phenoxy) is 2. The maximum atomic E-state index is 11.5. The van der Waals surface area contributed by atoms with E-state index >= 15 is 0 Å². The number of aliphatic carboxylic acids is 1. The van der Waals surface area contributed by atoms with Crippen LogP contribution < -0.4 is 14.8 Å². The second-order valence-electron chi connectivity index (χ2n) is 6.11. The Balaban J connectivity index is 1.60. The molecule has 2 aliphatic rings. The van der Waals surface area contributed by atoms with Crippen LogP contribution in [0.4, 0.5) is 5.82 Å². The number of pyridine rings is 1. The van der Waals surface area contributed by atoms with Crippen molar-refractivity contribution in [3.05, 3.63) is 41.6 Å². The second kappa shape index (κ2) is 6.08. The zero-order valence-electron chi connectivity index (χ0n) is 13.3. The van der Waals surface area contributed by atoms with Crippen molar-refractivity contribution in [2.75, 3.05) is 11.9 Å². The van der Waals surface area contributed by atoms with Crippen LogP contribution in [0.15, 0.2) is 30.5 Å². The summed E-state index contributed by atoms with van der Waals surface area (Å²) < 4.78 is 11.5. The van der Waals surface area contributed by atoms with Crippen LogP contribution in [0.25, 0.3) is 0 Å². The number of carbonyl (C=O) groups excluding carboxylic acids is 1. The lowest BCUT2D eigenvalue weighted by Crippen LogP contribution is -2.27. The van der Waals surface area contributed by atoms with Gasteiger partial charge >= 0.3 is 5.97 Å². The molecule has 1 unspecified atom stereocenters. The number of carboxylic acids is 1. The molecule has 7 nitrogen and oxygen atoms in total. The molecule has 1 amide bonds. The fourth-order valence-corrected chi connectivity index (χ4v) is 3.07. The molecular formula is C18H16N2O5. The number of nitrogens with zero attached hydrogens (tertiary/aromatic N) is 1. The first-order valence-corrected chi connectivity index (χ1v) is 8.04. The number of anilines is 1. The predicted molar refractivity (Wildman–Crippen MR) is 88.0 cm³/mol. The van der Waals surface area contributed by atoms with Gasteiger partial charge in [-0.25, -0.2) is 4.98 Å². The third-order valence-electron chi connectivity index (χ3n) is 4.39. The molecule has 0 bridgehead atoms. The number of carbonyl (C=O) groups is 2. The van der Waals surface area contributed by atoms with E-state index in [0.29, 0.717) is 42.3 Å². The molecule has 1 atom stereocenters. The van der Waals surface area contributed by atoms with E-state index in [1.165, 1.54) is 0 Å². The van der Waals surface area contributed by atoms with Crippen molar-refractivity contribution in [2.45, 2.75) is 19.3 Å². The Hall–Kier alpha value is -3.09. The average molecular weight is 340 g/mol. The van der Waals surface area contributed by atoms with Gasteiger partial charge in [0.2, 0.25) is 5.91 Å². The molecule has 3 heterocycles. The largest absolute Gasteiger partial charge is 0.492 e. The summed E-state index contributed by atoms with van der Waals surface area (Å²) in [5.74, 6) is 0.982. The van der Waals surface area contributed by atoms with Gasteiger partial charge in [-0.1, -0.05) is 0 Å². The van der Waals surface area contributed by atoms with Gasteiger partial charge in [0.15, 0.2) is 0 Å². The van der Waals surface area contributed by atoms with Gasteiger partial charge < -0.3 is 19.9 Å². The Morgan fingerprint density at radius 2 is 2.20 bits per heavy atom. The summed E-state index contributed by atoms with van der Waals surface area (Å²) >= 11 is 0. The smallest absolute Gasteiger partial charge is 0.310 e. The van der Waals surface area contributed by atoms with E-state index in [4.69, 9.17) is 14.6 Å². The highest BCUT2D eigenvalue weighted by atomic mass is 16.5. The summed E-state index contributed by atoms with van der Waals surface area (Å²) in [7, 11) is 0. The van der Waals surface area contributed by atoms with Crippen molar-refractivity contribution >= 4 is 17.7 Å². The third-order valence-corrected chi connectivity index (χ3v) is 4.39. The van der Waals surface area contributed by atoms with Gasteiger partial charge in [-0.15, -0.1) is 0 Å². The quantitative estimate of drug-likeness (QED) is 0.890. The number of fused-ring (bicyclic) bond motifs is 2. The van der Waals surface area contributed by atoms with Crippen molar-refractivity contribution in [1.82, 2.24) is 4.98 Å². The topological polar surface area (TPSA) is 97.8 Å². The zero-order valence-corrected chi connectivity index (χ0v) is 13.3. The minimum Gasteiger partial charge on any atom is -0.492 e. The Bertz CT molecular complexity index is 865. The van der Waals surface area contributed by atoms with Crippen molar-refractivity contribution in [3.63, 3.8) is 0 Å². The molecule has 25 heavy (non-hydrogen) atoms. The van der Waals surface area contributed by atoms with Gasteiger partial charge in [-0.3, -0.25) is 9.59 Å². The zero-order chi connectivity index (χ0) is 17.4. The number of nitrogens with one attached hydrogen (secondary N) is 1. The average Bonchev–Trinajstić information content (AvgIpc) is 2.61. The summed E-state index contributed by atoms with van der Waals surface area (Å²) in [5.41, 5.74) is 1.67. The van der Waals surface area contributed by atoms with Crippen LogP contribution in [0.2, 0.25) is 0 Å². The maximum absolute atomic E-state index is 11.5. The van der Waals surface area contributed by atoms with Gasteiger partial charge in [0, 0.05) is 18.2 Å². The third kappa shape index (κ3) is 3.00. The molecule has 0 aliphatic carbocycles. The highest BCUT2D eigenvalue weighted by Crippen LogP contribution is 2.36. The van der Waals surface area contributed by atoms with E-state index in [0.717, 1.165) is 11.1 Å². The molecule has 1 aromatic carbocycles. The highest BCUT2D eigenvalue weighted by Gasteiger charge is 2.26. The van der Waals surface area contributed by atoms with Crippen LogP contribution in [0.1, 0.15) is 17.5 Å². The van der Waals surface area contributed by atoms with E-state index in [9.17, 15) is 9.59 Å².